The predicted octanol–water partition coefficient (Wildman–Crippen LogP) is 2.22. The van der Waals surface area contributed by atoms with E-state index in [9.17, 15) is 14.3 Å². The van der Waals surface area contributed by atoms with E-state index in [2.05, 4.69) is 0 Å². The minimum atomic E-state index is -1.09. The fraction of sp³-hybridized carbons (Fsp3) is 0.538. The van der Waals surface area contributed by atoms with Gasteiger partial charge in [-0.25, -0.2) is 0 Å². The van der Waals surface area contributed by atoms with E-state index in [-0.39, 0.29) is 11.7 Å². The number of nitro groups is 1. The molecule has 2 rings (SSSR count). The molecule has 0 aromatic heterocycles. The van der Waals surface area contributed by atoms with Gasteiger partial charge in [0.2, 0.25) is 0 Å². The van der Waals surface area contributed by atoms with Gasteiger partial charge in [-0.1, -0.05) is 6.42 Å². The molecule has 6 heteroatoms. The summed E-state index contributed by atoms with van der Waals surface area (Å²) in [7, 11) is -1.09. The molecule has 0 aliphatic heterocycles. The van der Waals surface area contributed by atoms with Gasteiger partial charge < -0.3 is 5.73 Å². The summed E-state index contributed by atoms with van der Waals surface area (Å²) in [4.78, 5) is 10.7. The summed E-state index contributed by atoms with van der Waals surface area (Å²) in [6.07, 6.45) is 4.22. The lowest BCUT2D eigenvalue weighted by Crippen LogP contribution is -2.25. The van der Waals surface area contributed by atoms with Gasteiger partial charge in [-0.05, 0) is 37.3 Å². The van der Waals surface area contributed by atoms with E-state index in [4.69, 9.17) is 5.73 Å². The first-order valence-electron chi connectivity index (χ1n) is 6.46. The Hall–Kier alpha value is -1.27. The van der Waals surface area contributed by atoms with Gasteiger partial charge >= 0.3 is 0 Å². The van der Waals surface area contributed by atoms with Gasteiger partial charge in [-0.3, -0.25) is 14.3 Å². The first-order chi connectivity index (χ1) is 9.08. The highest BCUT2D eigenvalue weighted by atomic mass is 32.2. The number of hydrogen-bond donors (Lipinski definition) is 1. The molecule has 2 N–H and O–H groups in total. The second-order valence-electron chi connectivity index (χ2n) is 4.94. The minimum Gasteiger partial charge on any atom is -0.327 e. The summed E-state index contributed by atoms with van der Waals surface area (Å²) in [5, 5.41) is 10.5. The number of nitrogens with two attached hydrogens (primary N) is 1. The van der Waals surface area contributed by atoms with E-state index in [1.807, 2.05) is 0 Å². The minimum absolute atomic E-state index is 0.0264. The van der Waals surface area contributed by atoms with Gasteiger partial charge in [0.25, 0.3) is 5.69 Å². The van der Waals surface area contributed by atoms with Crippen molar-refractivity contribution in [2.45, 2.75) is 36.6 Å². The van der Waals surface area contributed by atoms with Gasteiger partial charge in [0.05, 0.1) is 15.7 Å². The summed E-state index contributed by atoms with van der Waals surface area (Å²) in [5.41, 5.74) is 6.01. The van der Waals surface area contributed by atoms with E-state index in [1.165, 1.54) is 12.1 Å². The van der Waals surface area contributed by atoms with Crippen LogP contribution in [0.5, 0.6) is 0 Å². The summed E-state index contributed by atoms with van der Waals surface area (Å²) >= 11 is 0. The van der Waals surface area contributed by atoms with Crippen molar-refractivity contribution >= 4 is 16.5 Å². The summed E-state index contributed by atoms with van der Waals surface area (Å²) in [6.45, 7) is 0. The lowest BCUT2D eigenvalue weighted by Gasteiger charge is -2.14. The van der Waals surface area contributed by atoms with Crippen molar-refractivity contribution in [3.05, 3.63) is 34.4 Å². The molecule has 1 fully saturated rings. The molecule has 1 aliphatic carbocycles. The van der Waals surface area contributed by atoms with E-state index >= 15 is 0 Å². The fourth-order valence-electron chi connectivity index (χ4n) is 2.52. The quantitative estimate of drug-likeness (QED) is 0.662. The Balaban J connectivity index is 1.90. The first kappa shape index (κ1) is 14.1. The molecule has 0 radical (unpaired) electrons. The summed E-state index contributed by atoms with van der Waals surface area (Å²) < 4.78 is 12.1. The third kappa shape index (κ3) is 3.61. The summed E-state index contributed by atoms with van der Waals surface area (Å²) in [5.74, 6) is 1.05. The molecule has 3 unspecified atom stereocenters. The Labute approximate surface area is 114 Å². The normalized spacial score (nSPS) is 24.3. The average Bonchev–Trinajstić information content (AvgIpc) is 2.81. The highest BCUT2D eigenvalue weighted by Gasteiger charge is 2.24. The van der Waals surface area contributed by atoms with Crippen molar-refractivity contribution in [1.29, 1.82) is 0 Å². The Kier molecular flexibility index (Phi) is 4.66. The average molecular weight is 282 g/mol. The van der Waals surface area contributed by atoms with Crippen LogP contribution in [-0.2, 0) is 10.8 Å². The van der Waals surface area contributed by atoms with Crippen LogP contribution in [0.15, 0.2) is 29.2 Å². The number of hydrogen-bond acceptors (Lipinski definition) is 4. The monoisotopic (exact) mass is 282 g/mol. The fourth-order valence-corrected chi connectivity index (χ4v) is 3.71. The van der Waals surface area contributed by atoms with Crippen LogP contribution in [0.25, 0.3) is 0 Å². The van der Waals surface area contributed by atoms with E-state index < -0.39 is 15.7 Å². The molecule has 19 heavy (non-hydrogen) atoms. The van der Waals surface area contributed by atoms with Crippen molar-refractivity contribution in [1.82, 2.24) is 0 Å². The van der Waals surface area contributed by atoms with Crippen molar-refractivity contribution in [2.75, 3.05) is 5.75 Å². The van der Waals surface area contributed by atoms with Crippen LogP contribution in [-0.4, -0.2) is 20.9 Å². The van der Waals surface area contributed by atoms with Crippen LogP contribution in [0.4, 0.5) is 5.69 Å². The Bertz CT molecular complexity index is 475. The maximum Gasteiger partial charge on any atom is 0.269 e. The number of rotatable bonds is 5. The smallest absolute Gasteiger partial charge is 0.269 e. The van der Waals surface area contributed by atoms with Crippen LogP contribution in [0.2, 0.25) is 0 Å². The van der Waals surface area contributed by atoms with Crippen LogP contribution in [0.1, 0.15) is 25.7 Å². The molecule has 0 heterocycles. The van der Waals surface area contributed by atoms with E-state index in [1.54, 1.807) is 12.1 Å². The van der Waals surface area contributed by atoms with E-state index in [0.29, 0.717) is 16.6 Å². The molecule has 3 atom stereocenters. The Morgan fingerprint density at radius 3 is 2.53 bits per heavy atom. The van der Waals surface area contributed by atoms with Gasteiger partial charge in [0.15, 0.2) is 0 Å². The molecule has 1 aliphatic rings. The van der Waals surface area contributed by atoms with Gasteiger partial charge in [-0.2, -0.15) is 0 Å². The van der Waals surface area contributed by atoms with Crippen LogP contribution in [0, 0.1) is 16.0 Å². The second-order valence-corrected chi connectivity index (χ2v) is 6.51. The topological polar surface area (TPSA) is 86.2 Å². The van der Waals surface area contributed by atoms with Crippen LogP contribution >= 0.6 is 0 Å². The molecule has 104 valence electrons. The highest BCUT2D eigenvalue weighted by molar-refractivity contribution is 7.85. The molecule has 1 aromatic rings. The highest BCUT2D eigenvalue weighted by Crippen LogP contribution is 2.27. The first-order valence-corrected chi connectivity index (χ1v) is 7.78. The SMILES string of the molecule is NC1CCCC1CCS(=O)c1ccc([N+](=O)[O-])cc1. The maximum atomic E-state index is 12.1. The van der Waals surface area contributed by atoms with Crippen LogP contribution in [0.3, 0.4) is 0 Å². The lowest BCUT2D eigenvalue weighted by molar-refractivity contribution is -0.384. The zero-order valence-electron chi connectivity index (χ0n) is 10.7. The number of non-ortho nitro benzene ring substituents is 1. The third-order valence-electron chi connectivity index (χ3n) is 3.70. The van der Waals surface area contributed by atoms with Crippen molar-refractivity contribution < 1.29 is 9.13 Å². The molecule has 5 nitrogen and oxygen atoms in total. The largest absolute Gasteiger partial charge is 0.327 e. The standard InChI is InChI=1S/C13H18N2O3S/c14-13-3-1-2-10(13)8-9-19(18)12-6-4-11(5-7-12)15(16)17/h4-7,10,13H,1-3,8-9,14H2. The van der Waals surface area contributed by atoms with Crippen molar-refractivity contribution in [3.8, 4) is 0 Å². The zero-order valence-corrected chi connectivity index (χ0v) is 11.5. The van der Waals surface area contributed by atoms with Gasteiger partial charge in [0.1, 0.15) is 0 Å². The number of nitro benzene ring substituents is 1. The van der Waals surface area contributed by atoms with Crippen molar-refractivity contribution in [2.24, 2.45) is 11.7 Å². The molecule has 1 saturated carbocycles. The molecule has 0 bridgehead atoms. The zero-order chi connectivity index (χ0) is 13.8. The molecule has 0 amide bonds. The van der Waals surface area contributed by atoms with Crippen molar-refractivity contribution in [3.63, 3.8) is 0 Å². The molecular weight excluding hydrogens is 264 g/mol. The Morgan fingerprint density at radius 1 is 1.32 bits per heavy atom. The molecule has 0 spiro atoms. The molecule has 1 aromatic carbocycles. The number of benzene rings is 1. The van der Waals surface area contributed by atoms with Crippen LogP contribution < -0.4 is 5.73 Å². The second kappa shape index (κ2) is 6.25. The third-order valence-corrected chi connectivity index (χ3v) is 5.11. The molecule has 0 saturated heterocycles. The Morgan fingerprint density at radius 2 is 2.00 bits per heavy atom. The lowest BCUT2D eigenvalue weighted by atomic mass is 10.0. The van der Waals surface area contributed by atoms with Gasteiger partial charge in [-0.15, -0.1) is 0 Å². The summed E-state index contributed by atoms with van der Waals surface area (Å²) in [6, 6.07) is 6.18. The number of nitrogens with zero attached hydrogens (tertiary/aromatic N) is 1. The predicted molar refractivity (Wildman–Crippen MR) is 74.3 cm³/mol. The molecular formula is C13H18N2O3S. The van der Waals surface area contributed by atoms with Gasteiger partial charge in [0, 0.05) is 28.8 Å². The van der Waals surface area contributed by atoms with E-state index in [0.717, 1.165) is 25.7 Å². The maximum absolute atomic E-state index is 12.1.